The van der Waals surface area contributed by atoms with E-state index in [1.807, 2.05) is 18.7 Å². The highest BCUT2D eigenvalue weighted by Gasteiger charge is 2.31. The van der Waals surface area contributed by atoms with Crippen molar-refractivity contribution in [1.29, 1.82) is 0 Å². The number of hydrogen-bond acceptors (Lipinski definition) is 6. The van der Waals surface area contributed by atoms with Gasteiger partial charge in [-0.05, 0) is 51.5 Å². The number of amides is 1. The van der Waals surface area contributed by atoms with Crippen LogP contribution in [0.2, 0.25) is 0 Å². The van der Waals surface area contributed by atoms with Gasteiger partial charge in [0.2, 0.25) is 0 Å². The molecule has 1 saturated heterocycles. The molecule has 1 atom stereocenters. The minimum absolute atomic E-state index is 0.146. The molecule has 2 aliphatic rings. The fourth-order valence-corrected chi connectivity index (χ4v) is 5.63. The minimum atomic E-state index is 0.146. The van der Waals surface area contributed by atoms with Crippen LogP contribution in [0.15, 0.2) is 9.90 Å². The molecule has 0 radical (unpaired) electrons. The Morgan fingerprint density at radius 3 is 2.96 bits per heavy atom. The summed E-state index contributed by atoms with van der Waals surface area (Å²) >= 11 is 1.71. The number of aryl methyl sites for hydroxylation is 2. The average molecular weight is 404 g/mol. The molecule has 0 bridgehead atoms. The molecule has 152 valence electrons. The first-order chi connectivity index (χ1) is 13.6. The van der Waals surface area contributed by atoms with Crippen LogP contribution in [0.25, 0.3) is 0 Å². The van der Waals surface area contributed by atoms with Crippen molar-refractivity contribution in [3.8, 4) is 0 Å². The molecule has 28 heavy (non-hydrogen) atoms. The number of fused-ring (bicyclic) bond motifs is 1. The molecule has 0 saturated carbocycles. The lowest BCUT2D eigenvalue weighted by Crippen LogP contribution is -2.44. The van der Waals surface area contributed by atoms with Crippen LogP contribution in [0.1, 0.15) is 63.5 Å². The third-order valence-corrected chi connectivity index (χ3v) is 7.18. The number of aromatic nitrogens is 1. The van der Waals surface area contributed by atoms with E-state index in [-0.39, 0.29) is 18.6 Å². The molecular formula is C21H29N3O3S. The second kappa shape index (κ2) is 8.35. The van der Waals surface area contributed by atoms with Crippen molar-refractivity contribution >= 4 is 17.2 Å². The van der Waals surface area contributed by atoms with Crippen LogP contribution in [0.5, 0.6) is 0 Å². The summed E-state index contributed by atoms with van der Waals surface area (Å²) in [5.41, 5.74) is 4.27. The molecule has 2 aliphatic heterocycles. The zero-order chi connectivity index (χ0) is 19.7. The van der Waals surface area contributed by atoms with E-state index in [9.17, 15) is 9.90 Å². The Balaban J connectivity index is 1.48. The van der Waals surface area contributed by atoms with Gasteiger partial charge in [-0.15, -0.1) is 11.3 Å². The van der Waals surface area contributed by atoms with E-state index in [4.69, 9.17) is 4.52 Å². The number of aliphatic hydroxyl groups is 1. The molecule has 0 spiro atoms. The molecule has 0 unspecified atom stereocenters. The summed E-state index contributed by atoms with van der Waals surface area (Å²) in [6, 6.07) is 0.182. The molecule has 1 amide bonds. The second-order valence-corrected chi connectivity index (χ2v) is 8.94. The minimum Gasteiger partial charge on any atom is -0.396 e. The number of rotatable bonds is 5. The number of hydrogen-bond donors (Lipinski definition) is 1. The molecule has 7 heteroatoms. The lowest BCUT2D eigenvalue weighted by Gasteiger charge is -2.36. The summed E-state index contributed by atoms with van der Waals surface area (Å²) in [6.45, 7) is 7.57. The van der Waals surface area contributed by atoms with E-state index in [2.05, 4.69) is 15.4 Å². The van der Waals surface area contributed by atoms with Gasteiger partial charge in [0.05, 0.1) is 11.3 Å². The van der Waals surface area contributed by atoms with Crippen LogP contribution < -0.4 is 0 Å². The monoisotopic (exact) mass is 403 g/mol. The Morgan fingerprint density at radius 2 is 2.21 bits per heavy atom. The zero-order valence-corrected chi connectivity index (χ0v) is 17.6. The first-order valence-electron chi connectivity index (χ1n) is 10.2. The Hall–Kier alpha value is -1.70. The number of carbonyl (C=O) groups is 1. The Morgan fingerprint density at radius 1 is 1.36 bits per heavy atom. The fourth-order valence-electron chi connectivity index (χ4n) is 4.52. The largest absolute Gasteiger partial charge is 0.396 e. The highest BCUT2D eigenvalue weighted by molar-refractivity contribution is 7.10. The highest BCUT2D eigenvalue weighted by Crippen LogP contribution is 2.32. The predicted octanol–water partition coefficient (Wildman–Crippen LogP) is 3.29. The average Bonchev–Trinajstić information content (AvgIpc) is 3.26. The summed E-state index contributed by atoms with van der Waals surface area (Å²) in [7, 11) is 0. The molecule has 0 aliphatic carbocycles. The smallest absolute Gasteiger partial charge is 0.255 e. The maximum atomic E-state index is 13.3. The molecular weight excluding hydrogens is 374 g/mol. The van der Waals surface area contributed by atoms with Crippen LogP contribution in [-0.4, -0.2) is 51.7 Å². The SMILES string of the molecule is Cc1noc(C)c1CN1CCc2c(C(=O)N3CCCC[C@H]3CCO)csc2C1. The van der Waals surface area contributed by atoms with E-state index in [0.717, 1.165) is 68.9 Å². The third-order valence-electron chi connectivity index (χ3n) is 6.17. The van der Waals surface area contributed by atoms with Gasteiger partial charge in [0.15, 0.2) is 0 Å². The van der Waals surface area contributed by atoms with E-state index in [1.54, 1.807) is 11.3 Å². The van der Waals surface area contributed by atoms with Crippen LogP contribution in [0.3, 0.4) is 0 Å². The first kappa shape index (κ1) is 19.6. The van der Waals surface area contributed by atoms with Crippen molar-refractivity contribution in [3.05, 3.63) is 38.4 Å². The van der Waals surface area contributed by atoms with Gasteiger partial charge in [-0.3, -0.25) is 9.69 Å². The Labute approximate surface area is 170 Å². The maximum absolute atomic E-state index is 13.3. The summed E-state index contributed by atoms with van der Waals surface area (Å²) in [6.07, 6.45) is 4.80. The van der Waals surface area contributed by atoms with Crippen molar-refractivity contribution in [2.24, 2.45) is 0 Å². The van der Waals surface area contributed by atoms with Crippen molar-refractivity contribution < 1.29 is 14.4 Å². The van der Waals surface area contributed by atoms with Gasteiger partial charge >= 0.3 is 0 Å². The fraction of sp³-hybridized carbons (Fsp3) is 0.619. The number of likely N-dealkylation sites (tertiary alicyclic amines) is 1. The number of carbonyl (C=O) groups excluding carboxylic acids is 1. The number of thiophene rings is 1. The van der Waals surface area contributed by atoms with Gasteiger partial charge in [0.1, 0.15) is 5.76 Å². The molecule has 1 fully saturated rings. The summed E-state index contributed by atoms with van der Waals surface area (Å²) in [5.74, 6) is 1.06. The molecule has 1 N–H and O–H groups in total. The second-order valence-electron chi connectivity index (χ2n) is 7.97. The first-order valence-corrected chi connectivity index (χ1v) is 11.1. The lowest BCUT2D eigenvalue weighted by atomic mass is 9.96. The van der Waals surface area contributed by atoms with Crippen LogP contribution in [-0.2, 0) is 19.5 Å². The van der Waals surface area contributed by atoms with Crippen LogP contribution in [0.4, 0.5) is 0 Å². The number of piperidine rings is 1. The standard InChI is InChI=1S/C21H29N3O3S/c1-14-18(15(2)27-22-14)11-23-9-6-17-19(13-28-20(17)12-23)21(26)24-8-4-3-5-16(24)7-10-25/h13,16,25H,3-12H2,1-2H3/t16-/m0/s1. The third kappa shape index (κ3) is 3.75. The van der Waals surface area contributed by atoms with Gasteiger partial charge in [0.25, 0.3) is 5.91 Å². The topological polar surface area (TPSA) is 69.8 Å². The molecule has 0 aromatic carbocycles. The van der Waals surface area contributed by atoms with E-state index < -0.39 is 0 Å². The lowest BCUT2D eigenvalue weighted by molar-refractivity contribution is 0.0573. The zero-order valence-electron chi connectivity index (χ0n) is 16.7. The quantitative estimate of drug-likeness (QED) is 0.830. The van der Waals surface area contributed by atoms with Crippen molar-refractivity contribution in [2.45, 2.75) is 65.1 Å². The van der Waals surface area contributed by atoms with E-state index in [0.29, 0.717) is 6.42 Å². The van der Waals surface area contributed by atoms with Gasteiger partial charge in [-0.25, -0.2) is 0 Å². The van der Waals surface area contributed by atoms with Crippen LogP contribution >= 0.6 is 11.3 Å². The van der Waals surface area contributed by atoms with Gasteiger partial charge in [-0.2, -0.15) is 0 Å². The summed E-state index contributed by atoms with van der Waals surface area (Å²) in [4.78, 5) is 19.0. The molecule has 4 rings (SSSR count). The van der Waals surface area contributed by atoms with Crippen LogP contribution in [0, 0.1) is 13.8 Å². The maximum Gasteiger partial charge on any atom is 0.255 e. The molecule has 6 nitrogen and oxygen atoms in total. The Kier molecular flexibility index (Phi) is 5.85. The van der Waals surface area contributed by atoms with Gasteiger partial charge < -0.3 is 14.5 Å². The summed E-state index contributed by atoms with van der Waals surface area (Å²) in [5, 5.41) is 15.5. The normalized spacial score (nSPS) is 20.4. The predicted molar refractivity (Wildman–Crippen MR) is 108 cm³/mol. The van der Waals surface area contributed by atoms with Crippen molar-refractivity contribution in [3.63, 3.8) is 0 Å². The molecule has 4 heterocycles. The highest BCUT2D eigenvalue weighted by atomic mass is 32.1. The molecule has 2 aromatic rings. The van der Waals surface area contributed by atoms with Crippen molar-refractivity contribution in [1.82, 2.24) is 15.0 Å². The molecule has 2 aromatic heterocycles. The summed E-state index contributed by atoms with van der Waals surface area (Å²) < 4.78 is 5.30. The van der Waals surface area contributed by atoms with E-state index in [1.165, 1.54) is 16.0 Å². The van der Waals surface area contributed by atoms with Gasteiger partial charge in [0, 0.05) is 54.6 Å². The van der Waals surface area contributed by atoms with Gasteiger partial charge in [-0.1, -0.05) is 5.16 Å². The number of aliphatic hydroxyl groups excluding tert-OH is 1. The Bertz CT molecular complexity index is 823. The van der Waals surface area contributed by atoms with Crippen molar-refractivity contribution in [2.75, 3.05) is 19.7 Å². The van der Waals surface area contributed by atoms with E-state index >= 15 is 0 Å². The number of nitrogens with zero attached hydrogens (tertiary/aromatic N) is 3.